The number of hydrogen-bond acceptors (Lipinski definition) is 2. The molecule has 2 N–H and O–H groups in total. The molecule has 0 aliphatic rings. The van der Waals surface area contributed by atoms with Crippen molar-refractivity contribution in [2.75, 3.05) is 20.1 Å². The molecule has 0 fully saturated rings. The van der Waals surface area contributed by atoms with Gasteiger partial charge in [-0.2, -0.15) is 0 Å². The maximum atomic E-state index is 11.5. The van der Waals surface area contributed by atoms with E-state index in [1.807, 2.05) is 6.92 Å². The van der Waals surface area contributed by atoms with Gasteiger partial charge in [0.15, 0.2) is 0 Å². The SMILES string of the molecule is CCCC(C)C(=O)N(C)CCN. The Kier molecular flexibility index (Phi) is 5.72. The molecule has 3 heteroatoms. The average Bonchev–Trinajstić information content (AvgIpc) is 2.04. The van der Waals surface area contributed by atoms with Crippen molar-refractivity contribution in [3.05, 3.63) is 0 Å². The molecule has 0 aromatic heterocycles. The fraction of sp³-hybridized carbons (Fsp3) is 0.889. The molecule has 0 aromatic carbocycles. The largest absolute Gasteiger partial charge is 0.344 e. The van der Waals surface area contributed by atoms with E-state index in [2.05, 4.69) is 6.92 Å². The number of likely N-dealkylation sites (N-methyl/N-ethyl adjacent to an activating group) is 1. The Morgan fingerprint density at radius 2 is 2.17 bits per heavy atom. The summed E-state index contributed by atoms with van der Waals surface area (Å²) in [5, 5.41) is 0. The Morgan fingerprint density at radius 1 is 1.58 bits per heavy atom. The number of carbonyl (C=O) groups excluding carboxylic acids is 1. The lowest BCUT2D eigenvalue weighted by molar-refractivity contribution is -0.133. The molecule has 72 valence electrons. The summed E-state index contributed by atoms with van der Waals surface area (Å²) >= 11 is 0. The van der Waals surface area contributed by atoms with E-state index in [0.717, 1.165) is 12.8 Å². The van der Waals surface area contributed by atoms with Gasteiger partial charge in [-0.15, -0.1) is 0 Å². The quantitative estimate of drug-likeness (QED) is 0.668. The zero-order chi connectivity index (χ0) is 9.56. The first-order valence-corrected chi connectivity index (χ1v) is 4.58. The van der Waals surface area contributed by atoms with Gasteiger partial charge in [0, 0.05) is 26.1 Å². The van der Waals surface area contributed by atoms with E-state index in [1.54, 1.807) is 11.9 Å². The molecular formula is C9H20N2O. The summed E-state index contributed by atoms with van der Waals surface area (Å²) in [5.41, 5.74) is 5.35. The fourth-order valence-corrected chi connectivity index (χ4v) is 1.24. The van der Waals surface area contributed by atoms with Crippen LogP contribution in [0, 0.1) is 5.92 Å². The summed E-state index contributed by atoms with van der Waals surface area (Å²) in [5.74, 6) is 0.355. The maximum absolute atomic E-state index is 11.5. The summed E-state index contributed by atoms with van der Waals surface area (Å²) in [6, 6.07) is 0. The van der Waals surface area contributed by atoms with Gasteiger partial charge in [0.05, 0.1) is 0 Å². The molecule has 12 heavy (non-hydrogen) atoms. The molecule has 0 spiro atoms. The van der Waals surface area contributed by atoms with Crippen molar-refractivity contribution < 1.29 is 4.79 Å². The van der Waals surface area contributed by atoms with Gasteiger partial charge < -0.3 is 10.6 Å². The van der Waals surface area contributed by atoms with Crippen LogP contribution < -0.4 is 5.73 Å². The summed E-state index contributed by atoms with van der Waals surface area (Å²) in [6.07, 6.45) is 2.02. The summed E-state index contributed by atoms with van der Waals surface area (Å²) in [6.45, 7) is 5.26. The van der Waals surface area contributed by atoms with Crippen LogP contribution in [0.25, 0.3) is 0 Å². The highest BCUT2D eigenvalue weighted by Crippen LogP contribution is 2.07. The molecule has 0 bridgehead atoms. The molecule has 0 rings (SSSR count). The first-order valence-electron chi connectivity index (χ1n) is 4.58. The summed E-state index contributed by atoms with van der Waals surface area (Å²) < 4.78 is 0. The Bertz CT molecular complexity index is 122. The van der Waals surface area contributed by atoms with E-state index in [0.29, 0.717) is 13.1 Å². The third-order valence-corrected chi connectivity index (χ3v) is 1.98. The monoisotopic (exact) mass is 172 g/mol. The molecule has 0 aromatic rings. The second-order valence-electron chi connectivity index (χ2n) is 3.24. The van der Waals surface area contributed by atoms with Crippen molar-refractivity contribution in [2.45, 2.75) is 26.7 Å². The number of rotatable bonds is 5. The zero-order valence-corrected chi connectivity index (χ0v) is 8.34. The molecular weight excluding hydrogens is 152 g/mol. The second kappa shape index (κ2) is 6.00. The Morgan fingerprint density at radius 3 is 2.58 bits per heavy atom. The van der Waals surface area contributed by atoms with Gasteiger partial charge in [0.2, 0.25) is 5.91 Å². The molecule has 0 saturated carbocycles. The van der Waals surface area contributed by atoms with Crippen molar-refractivity contribution in [3.63, 3.8) is 0 Å². The Labute approximate surface area is 74.9 Å². The highest BCUT2D eigenvalue weighted by atomic mass is 16.2. The van der Waals surface area contributed by atoms with Crippen LogP contribution in [0.15, 0.2) is 0 Å². The van der Waals surface area contributed by atoms with Crippen LogP contribution in [-0.2, 0) is 4.79 Å². The van der Waals surface area contributed by atoms with E-state index >= 15 is 0 Å². The van der Waals surface area contributed by atoms with Gasteiger partial charge in [-0.3, -0.25) is 4.79 Å². The first kappa shape index (κ1) is 11.4. The Hall–Kier alpha value is -0.570. The number of amides is 1. The third-order valence-electron chi connectivity index (χ3n) is 1.98. The van der Waals surface area contributed by atoms with E-state index in [9.17, 15) is 4.79 Å². The minimum Gasteiger partial charge on any atom is -0.344 e. The predicted molar refractivity (Wildman–Crippen MR) is 50.8 cm³/mol. The van der Waals surface area contributed by atoms with Crippen LogP contribution >= 0.6 is 0 Å². The van der Waals surface area contributed by atoms with Crippen molar-refractivity contribution >= 4 is 5.91 Å². The predicted octanol–water partition coefficient (Wildman–Crippen LogP) is 0.840. The van der Waals surface area contributed by atoms with Gasteiger partial charge in [-0.05, 0) is 6.42 Å². The lowest BCUT2D eigenvalue weighted by Crippen LogP contribution is -2.35. The third kappa shape index (κ3) is 3.72. The van der Waals surface area contributed by atoms with Crippen LogP contribution in [0.2, 0.25) is 0 Å². The average molecular weight is 172 g/mol. The summed E-state index contributed by atoms with van der Waals surface area (Å²) in [4.78, 5) is 13.2. The lowest BCUT2D eigenvalue weighted by Gasteiger charge is -2.20. The van der Waals surface area contributed by atoms with Crippen molar-refractivity contribution in [1.82, 2.24) is 4.90 Å². The molecule has 0 aliphatic carbocycles. The topological polar surface area (TPSA) is 46.3 Å². The highest BCUT2D eigenvalue weighted by molar-refractivity contribution is 5.78. The molecule has 1 atom stereocenters. The second-order valence-corrected chi connectivity index (χ2v) is 3.24. The van der Waals surface area contributed by atoms with E-state index in [4.69, 9.17) is 5.73 Å². The highest BCUT2D eigenvalue weighted by Gasteiger charge is 2.15. The number of nitrogens with two attached hydrogens (primary N) is 1. The molecule has 0 saturated heterocycles. The normalized spacial score (nSPS) is 12.7. The fourth-order valence-electron chi connectivity index (χ4n) is 1.24. The lowest BCUT2D eigenvalue weighted by atomic mass is 10.1. The molecule has 0 radical (unpaired) electrons. The first-order chi connectivity index (χ1) is 5.63. The van der Waals surface area contributed by atoms with Gasteiger partial charge in [0.25, 0.3) is 0 Å². The van der Waals surface area contributed by atoms with Crippen LogP contribution in [0.5, 0.6) is 0 Å². The standard InChI is InChI=1S/C9H20N2O/c1-4-5-8(2)9(12)11(3)7-6-10/h8H,4-7,10H2,1-3H3. The van der Waals surface area contributed by atoms with E-state index in [-0.39, 0.29) is 11.8 Å². The minimum atomic E-state index is 0.145. The van der Waals surface area contributed by atoms with Crippen LogP contribution in [0.1, 0.15) is 26.7 Å². The molecule has 0 heterocycles. The minimum absolute atomic E-state index is 0.145. The van der Waals surface area contributed by atoms with Crippen LogP contribution in [-0.4, -0.2) is 30.9 Å². The molecule has 1 amide bonds. The van der Waals surface area contributed by atoms with Crippen molar-refractivity contribution in [2.24, 2.45) is 11.7 Å². The molecule has 0 aliphatic heterocycles. The summed E-state index contributed by atoms with van der Waals surface area (Å²) in [7, 11) is 1.81. The number of hydrogen-bond donors (Lipinski definition) is 1. The van der Waals surface area contributed by atoms with E-state index < -0.39 is 0 Å². The van der Waals surface area contributed by atoms with Gasteiger partial charge in [0.1, 0.15) is 0 Å². The van der Waals surface area contributed by atoms with Crippen LogP contribution in [0.3, 0.4) is 0 Å². The van der Waals surface area contributed by atoms with Crippen molar-refractivity contribution in [1.29, 1.82) is 0 Å². The Balaban J connectivity index is 3.82. The zero-order valence-electron chi connectivity index (χ0n) is 8.34. The molecule has 1 unspecified atom stereocenters. The maximum Gasteiger partial charge on any atom is 0.225 e. The van der Waals surface area contributed by atoms with Crippen molar-refractivity contribution in [3.8, 4) is 0 Å². The van der Waals surface area contributed by atoms with Crippen LogP contribution in [0.4, 0.5) is 0 Å². The van der Waals surface area contributed by atoms with Gasteiger partial charge in [-0.1, -0.05) is 20.3 Å². The number of carbonyl (C=O) groups is 1. The molecule has 3 nitrogen and oxygen atoms in total. The van der Waals surface area contributed by atoms with E-state index in [1.165, 1.54) is 0 Å². The van der Waals surface area contributed by atoms with Gasteiger partial charge >= 0.3 is 0 Å². The van der Waals surface area contributed by atoms with Gasteiger partial charge in [-0.25, -0.2) is 0 Å². The smallest absolute Gasteiger partial charge is 0.225 e. The number of nitrogens with zero attached hydrogens (tertiary/aromatic N) is 1.